The van der Waals surface area contributed by atoms with Crippen molar-refractivity contribution in [3.8, 4) is 0 Å². The standard InChI is InChI=1S/C3H7O4P.Na.H/c1-3(4)2-8(5,6)7;;/h2H2,1H3,(H2,5,6,7);;/q;+1;-1. The number of Topliss-reactive ketones (excluding diaryl/α,β-unsaturated/α-hetero) is 1. The van der Waals surface area contributed by atoms with Gasteiger partial charge in [0.2, 0.25) is 0 Å². The van der Waals surface area contributed by atoms with Crippen LogP contribution in [0.25, 0.3) is 0 Å². The van der Waals surface area contributed by atoms with Crippen LogP contribution in [0.2, 0.25) is 0 Å². The third-order valence-electron chi connectivity index (χ3n) is 0.429. The van der Waals surface area contributed by atoms with Crippen molar-refractivity contribution in [1.29, 1.82) is 0 Å². The first-order valence-corrected chi connectivity index (χ1v) is 3.75. The summed E-state index contributed by atoms with van der Waals surface area (Å²) >= 11 is 0. The molecule has 0 aliphatic carbocycles. The van der Waals surface area contributed by atoms with Crippen molar-refractivity contribution in [3.05, 3.63) is 0 Å². The Morgan fingerprint density at radius 3 is 2.00 bits per heavy atom. The Bertz CT molecular complexity index is 143. The molecule has 0 saturated heterocycles. The van der Waals surface area contributed by atoms with E-state index in [1.54, 1.807) is 0 Å². The van der Waals surface area contributed by atoms with E-state index >= 15 is 0 Å². The Kier molecular flexibility index (Phi) is 6.39. The molecule has 0 aliphatic rings. The van der Waals surface area contributed by atoms with E-state index in [2.05, 4.69) is 0 Å². The Balaban J connectivity index is -0.000000245. The van der Waals surface area contributed by atoms with Gasteiger partial charge in [-0.1, -0.05) is 0 Å². The van der Waals surface area contributed by atoms with Crippen LogP contribution in [-0.2, 0) is 9.36 Å². The summed E-state index contributed by atoms with van der Waals surface area (Å²) in [6, 6.07) is 0. The van der Waals surface area contributed by atoms with Gasteiger partial charge in [0, 0.05) is 0 Å². The van der Waals surface area contributed by atoms with E-state index in [0.717, 1.165) is 6.92 Å². The molecular formula is C3H8NaO4P. The molecule has 0 radical (unpaired) electrons. The third-order valence-corrected chi connectivity index (χ3v) is 1.29. The maximum absolute atomic E-state index is 9.97. The van der Waals surface area contributed by atoms with Gasteiger partial charge in [-0.15, -0.1) is 0 Å². The third kappa shape index (κ3) is 12.1. The summed E-state index contributed by atoms with van der Waals surface area (Å²) in [6.45, 7) is 1.14. The van der Waals surface area contributed by atoms with Crippen molar-refractivity contribution < 1.29 is 50.1 Å². The molecule has 0 aromatic carbocycles. The van der Waals surface area contributed by atoms with E-state index in [1.165, 1.54) is 0 Å². The molecule has 4 nitrogen and oxygen atoms in total. The Labute approximate surface area is 76.6 Å². The quantitative estimate of drug-likeness (QED) is 0.332. The molecule has 0 aromatic heterocycles. The second kappa shape index (κ2) is 4.61. The zero-order valence-electron chi connectivity index (χ0n) is 6.37. The fraction of sp³-hybridized carbons (Fsp3) is 0.667. The van der Waals surface area contributed by atoms with Crippen molar-refractivity contribution >= 4 is 13.4 Å². The molecule has 0 rings (SSSR count). The zero-order valence-corrected chi connectivity index (χ0v) is 8.26. The van der Waals surface area contributed by atoms with Gasteiger partial charge < -0.3 is 11.2 Å². The summed E-state index contributed by atoms with van der Waals surface area (Å²) < 4.78 is 9.92. The van der Waals surface area contributed by atoms with E-state index in [0.29, 0.717) is 0 Å². The molecule has 0 spiro atoms. The molecule has 0 fully saturated rings. The molecule has 0 atom stereocenters. The average Bonchev–Trinajstić information content (AvgIpc) is 1.21. The summed E-state index contributed by atoms with van der Waals surface area (Å²) in [5.41, 5.74) is 0. The zero-order chi connectivity index (χ0) is 6.78. The molecule has 50 valence electrons. The van der Waals surface area contributed by atoms with Gasteiger partial charge in [-0.05, 0) is 6.92 Å². The number of hydrogen-bond donors (Lipinski definition) is 2. The maximum Gasteiger partial charge on any atom is 1.00 e. The van der Waals surface area contributed by atoms with Gasteiger partial charge in [0.1, 0.15) is 11.9 Å². The predicted molar refractivity (Wildman–Crippen MR) is 28.7 cm³/mol. The summed E-state index contributed by atoms with van der Waals surface area (Å²) in [7, 11) is -4.07. The van der Waals surface area contributed by atoms with Crippen molar-refractivity contribution in [2.75, 3.05) is 6.16 Å². The van der Waals surface area contributed by atoms with Crippen LogP contribution in [0.1, 0.15) is 8.35 Å². The molecule has 9 heavy (non-hydrogen) atoms. The van der Waals surface area contributed by atoms with Gasteiger partial charge >= 0.3 is 37.2 Å². The van der Waals surface area contributed by atoms with Crippen LogP contribution >= 0.6 is 7.60 Å². The van der Waals surface area contributed by atoms with E-state index in [-0.39, 0.29) is 31.0 Å². The van der Waals surface area contributed by atoms with E-state index in [4.69, 9.17) is 9.79 Å². The van der Waals surface area contributed by atoms with Gasteiger partial charge in [-0.2, -0.15) is 0 Å². The minimum absolute atomic E-state index is 0. The van der Waals surface area contributed by atoms with Crippen LogP contribution < -0.4 is 29.6 Å². The second-order valence-corrected chi connectivity index (χ2v) is 3.17. The first-order valence-electron chi connectivity index (χ1n) is 1.96. The van der Waals surface area contributed by atoms with Crippen LogP contribution in [0.5, 0.6) is 0 Å². The number of rotatable bonds is 2. The van der Waals surface area contributed by atoms with Gasteiger partial charge in [0.25, 0.3) is 0 Å². The van der Waals surface area contributed by atoms with Gasteiger partial charge in [0.15, 0.2) is 0 Å². The molecule has 0 amide bonds. The predicted octanol–water partition coefficient (Wildman–Crippen LogP) is -3.13. The topological polar surface area (TPSA) is 74.6 Å². The maximum atomic E-state index is 9.97. The fourth-order valence-electron chi connectivity index (χ4n) is 0.290. The summed E-state index contributed by atoms with van der Waals surface area (Å²) in [5, 5.41) is 0. The Hall–Kier alpha value is 0.820. The molecule has 0 aromatic rings. The largest absolute Gasteiger partial charge is 1.00 e. The van der Waals surface area contributed by atoms with Crippen LogP contribution in [0.4, 0.5) is 0 Å². The molecule has 6 heteroatoms. The number of carbonyl (C=O) groups is 1. The van der Waals surface area contributed by atoms with E-state index in [9.17, 15) is 9.36 Å². The van der Waals surface area contributed by atoms with Crippen LogP contribution in [-0.4, -0.2) is 21.7 Å². The molecular weight excluding hydrogens is 154 g/mol. The molecule has 2 N–H and O–H groups in total. The van der Waals surface area contributed by atoms with Crippen LogP contribution in [0, 0.1) is 0 Å². The molecule has 0 aliphatic heterocycles. The molecule has 0 bridgehead atoms. The normalized spacial score (nSPS) is 10.1. The Morgan fingerprint density at radius 1 is 1.67 bits per heavy atom. The van der Waals surface area contributed by atoms with Crippen LogP contribution in [0.3, 0.4) is 0 Å². The number of hydrogen-bond acceptors (Lipinski definition) is 2. The van der Waals surface area contributed by atoms with Crippen LogP contribution in [0.15, 0.2) is 0 Å². The average molecular weight is 162 g/mol. The fourth-order valence-corrected chi connectivity index (χ4v) is 0.870. The molecule has 0 saturated carbocycles. The van der Waals surface area contributed by atoms with Gasteiger partial charge in [0.05, 0.1) is 0 Å². The summed E-state index contributed by atoms with van der Waals surface area (Å²) in [6.07, 6.45) is -0.646. The van der Waals surface area contributed by atoms with Crippen molar-refractivity contribution in [1.82, 2.24) is 0 Å². The van der Waals surface area contributed by atoms with Crippen molar-refractivity contribution in [2.45, 2.75) is 6.92 Å². The summed E-state index contributed by atoms with van der Waals surface area (Å²) in [5.74, 6) is -0.488. The first-order chi connectivity index (χ1) is 3.42. The SMILES string of the molecule is CC(=O)CP(=O)(O)O.[H-].[Na+]. The molecule has 0 heterocycles. The second-order valence-electron chi connectivity index (χ2n) is 1.52. The van der Waals surface area contributed by atoms with Gasteiger partial charge in [-0.3, -0.25) is 9.36 Å². The van der Waals surface area contributed by atoms with E-state index < -0.39 is 19.5 Å². The monoisotopic (exact) mass is 162 g/mol. The minimum Gasteiger partial charge on any atom is -1.00 e. The van der Waals surface area contributed by atoms with E-state index in [1.807, 2.05) is 0 Å². The van der Waals surface area contributed by atoms with Gasteiger partial charge in [-0.25, -0.2) is 0 Å². The first kappa shape index (κ1) is 12.5. The summed E-state index contributed by atoms with van der Waals surface area (Å²) in [4.78, 5) is 26.1. The Morgan fingerprint density at radius 2 is 2.00 bits per heavy atom. The van der Waals surface area contributed by atoms with Crippen molar-refractivity contribution in [2.24, 2.45) is 0 Å². The molecule has 0 unspecified atom stereocenters. The smallest absolute Gasteiger partial charge is 1.00 e. The minimum atomic E-state index is -4.07. The number of ketones is 1. The van der Waals surface area contributed by atoms with Crippen molar-refractivity contribution in [3.63, 3.8) is 0 Å². The number of carbonyl (C=O) groups excluding carboxylic acids is 1.